The molecule has 0 saturated heterocycles. The minimum Gasteiger partial charge on any atom is -0.375 e. The van der Waals surface area contributed by atoms with Gasteiger partial charge >= 0.3 is 0 Å². The molecule has 4 heteroatoms. The Balaban J connectivity index is 2.56. The van der Waals surface area contributed by atoms with Crippen LogP contribution in [0.4, 0.5) is 5.69 Å². The number of benzene rings is 1. The molecule has 0 fully saturated rings. The molecule has 1 aromatic rings. The van der Waals surface area contributed by atoms with Crippen molar-refractivity contribution in [1.29, 1.82) is 0 Å². The monoisotopic (exact) mass is 249 g/mol. The van der Waals surface area contributed by atoms with Crippen LogP contribution in [0.15, 0.2) is 24.3 Å². The molecular formula is C14H23N3O. The van der Waals surface area contributed by atoms with Crippen LogP contribution in [0, 0.1) is 0 Å². The molecule has 1 amide bonds. The summed E-state index contributed by atoms with van der Waals surface area (Å²) < 4.78 is 0. The van der Waals surface area contributed by atoms with E-state index in [0.29, 0.717) is 18.7 Å². The number of anilines is 1. The molecule has 0 aliphatic rings. The Bertz CT molecular complexity index is 362. The van der Waals surface area contributed by atoms with E-state index in [9.17, 15) is 4.79 Å². The maximum Gasteiger partial charge on any atom is 0.251 e. The van der Waals surface area contributed by atoms with Crippen molar-refractivity contribution in [1.82, 2.24) is 5.32 Å². The van der Waals surface area contributed by atoms with Crippen molar-refractivity contribution in [2.45, 2.75) is 19.8 Å². The van der Waals surface area contributed by atoms with E-state index in [0.717, 1.165) is 25.1 Å². The quantitative estimate of drug-likeness (QED) is 0.722. The summed E-state index contributed by atoms with van der Waals surface area (Å²) in [5.41, 5.74) is 7.21. The van der Waals surface area contributed by atoms with Gasteiger partial charge in [0, 0.05) is 31.4 Å². The summed E-state index contributed by atoms with van der Waals surface area (Å²) in [6, 6.07) is 7.68. The summed E-state index contributed by atoms with van der Waals surface area (Å²) in [6.45, 7) is 4.39. The van der Waals surface area contributed by atoms with Gasteiger partial charge in [-0.15, -0.1) is 0 Å². The number of amides is 1. The van der Waals surface area contributed by atoms with Crippen LogP contribution in [-0.2, 0) is 0 Å². The first-order valence-corrected chi connectivity index (χ1v) is 6.48. The van der Waals surface area contributed by atoms with Gasteiger partial charge in [-0.05, 0) is 43.7 Å². The van der Waals surface area contributed by atoms with E-state index in [1.165, 1.54) is 0 Å². The molecule has 0 spiro atoms. The Morgan fingerprint density at radius 1 is 1.33 bits per heavy atom. The largest absolute Gasteiger partial charge is 0.375 e. The van der Waals surface area contributed by atoms with Gasteiger partial charge in [0.25, 0.3) is 5.91 Å². The molecule has 0 unspecified atom stereocenters. The molecule has 4 nitrogen and oxygen atoms in total. The summed E-state index contributed by atoms with van der Waals surface area (Å²) >= 11 is 0. The molecule has 1 aromatic carbocycles. The number of nitrogens with one attached hydrogen (secondary N) is 1. The van der Waals surface area contributed by atoms with Gasteiger partial charge in [-0.1, -0.05) is 6.92 Å². The van der Waals surface area contributed by atoms with Crippen molar-refractivity contribution >= 4 is 11.6 Å². The minimum atomic E-state index is -0.0341. The Kier molecular flexibility index (Phi) is 6.22. The van der Waals surface area contributed by atoms with Gasteiger partial charge in [-0.3, -0.25) is 4.79 Å². The average Bonchev–Trinajstić information content (AvgIpc) is 2.39. The normalized spacial score (nSPS) is 10.2. The highest BCUT2D eigenvalue weighted by Gasteiger charge is 2.05. The van der Waals surface area contributed by atoms with Crippen LogP contribution in [0.1, 0.15) is 30.1 Å². The Morgan fingerprint density at radius 2 is 2.00 bits per heavy atom. The standard InChI is InChI=1S/C14H23N3O/c1-3-11-17(2)13-7-5-12(6-8-13)14(18)16-10-4-9-15/h5-8H,3-4,9-11,15H2,1-2H3,(H,16,18). The van der Waals surface area contributed by atoms with E-state index in [-0.39, 0.29) is 5.91 Å². The molecule has 1 rings (SSSR count). The van der Waals surface area contributed by atoms with Crippen molar-refractivity contribution < 1.29 is 4.79 Å². The lowest BCUT2D eigenvalue weighted by Gasteiger charge is -2.18. The molecule has 100 valence electrons. The van der Waals surface area contributed by atoms with E-state index in [1.807, 2.05) is 24.3 Å². The predicted molar refractivity (Wildman–Crippen MR) is 76.0 cm³/mol. The number of carbonyl (C=O) groups excluding carboxylic acids is 1. The van der Waals surface area contributed by atoms with Crippen molar-refractivity contribution in [3.63, 3.8) is 0 Å². The predicted octanol–water partition coefficient (Wildman–Crippen LogP) is 1.61. The van der Waals surface area contributed by atoms with Crippen LogP contribution in [0.2, 0.25) is 0 Å². The van der Waals surface area contributed by atoms with E-state index in [2.05, 4.69) is 24.2 Å². The first-order chi connectivity index (χ1) is 8.69. The van der Waals surface area contributed by atoms with Crippen LogP contribution in [0.3, 0.4) is 0 Å². The minimum absolute atomic E-state index is 0.0341. The number of nitrogens with two attached hydrogens (primary N) is 1. The fourth-order valence-corrected chi connectivity index (χ4v) is 1.74. The second-order valence-corrected chi connectivity index (χ2v) is 4.37. The highest BCUT2D eigenvalue weighted by atomic mass is 16.1. The first-order valence-electron chi connectivity index (χ1n) is 6.48. The van der Waals surface area contributed by atoms with Crippen LogP contribution >= 0.6 is 0 Å². The first kappa shape index (κ1) is 14.5. The van der Waals surface area contributed by atoms with Gasteiger partial charge in [0.15, 0.2) is 0 Å². The topological polar surface area (TPSA) is 58.4 Å². The molecule has 0 heterocycles. The molecule has 0 radical (unpaired) electrons. The summed E-state index contributed by atoms with van der Waals surface area (Å²) in [7, 11) is 2.06. The molecule has 0 aromatic heterocycles. The Morgan fingerprint density at radius 3 is 2.56 bits per heavy atom. The van der Waals surface area contributed by atoms with Gasteiger partial charge in [-0.2, -0.15) is 0 Å². The van der Waals surface area contributed by atoms with Gasteiger partial charge in [0.05, 0.1) is 0 Å². The lowest BCUT2D eigenvalue weighted by atomic mass is 10.2. The van der Waals surface area contributed by atoms with Gasteiger partial charge in [0.1, 0.15) is 0 Å². The van der Waals surface area contributed by atoms with Crippen LogP contribution in [-0.4, -0.2) is 32.6 Å². The van der Waals surface area contributed by atoms with Crippen LogP contribution < -0.4 is 16.0 Å². The van der Waals surface area contributed by atoms with E-state index < -0.39 is 0 Å². The maximum atomic E-state index is 11.8. The van der Waals surface area contributed by atoms with Crippen molar-refractivity contribution in [2.24, 2.45) is 5.73 Å². The van der Waals surface area contributed by atoms with Crippen molar-refractivity contribution in [3.05, 3.63) is 29.8 Å². The maximum absolute atomic E-state index is 11.8. The zero-order valence-electron chi connectivity index (χ0n) is 11.3. The van der Waals surface area contributed by atoms with E-state index in [1.54, 1.807) is 0 Å². The zero-order chi connectivity index (χ0) is 13.4. The molecule has 0 aliphatic carbocycles. The Hall–Kier alpha value is -1.55. The van der Waals surface area contributed by atoms with Gasteiger partial charge in [-0.25, -0.2) is 0 Å². The number of hydrogen-bond acceptors (Lipinski definition) is 3. The van der Waals surface area contributed by atoms with Gasteiger partial charge < -0.3 is 16.0 Å². The zero-order valence-corrected chi connectivity index (χ0v) is 11.3. The van der Waals surface area contributed by atoms with E-state index >= 15 is 0 Å². The number of hydrogen-bond donors (Lipinski definition) is 2. The number of nitrogens with zero attached hydrogens (tertiary/aromatic N) is 1. The fraction of sp³-hybridized carbons (Fsp3) is 0.500. The molecule has 18 heavy (non-hydrogen) atoms. The van der Waals surface area contributed by atoms with Crippen molar-refractivity contribution in [2.75, 3.05) is 31.6 Å². The molecule has 0 bridgehead atoms. The molecule has 0 saturated carbocycles. The van der Waals surface area contributed by atoms with Crippen molar-refractivity contribution in [3.8, 4) is 0 Å². The van der Waals surface area contributed by atoms with Gasteiger partial charge in [0.2, 0.25) is 0 Å². The second kappa shape index (κ2) is 7.71. The molecule has 0 aliphatic heterocycles. The number of rotatable bonds is 7. The van der Waals surface area contributed by atoms with Crippen LogP contribution in [0.25, 0.3) is 0 Å². The summed E-state index contributed by atoms with van der Waals surface area (Å²) in [5.74, 6) is -0.0341. The molecular weight excluding hydrogens is 226 g/mol. The average molecular weight is 249 g/mol. The second-order valence-electron chi connectivity index (χ2n) is 4.37. The number of carbonyl (C=O) groups is 1. The van der Waals surface area contributed by atoms with E-state index in [4.69, 9.17) is 5.73 Å². The summed E-state index contributed by atoms with van der Waals surface area (Å²) in [4.78, 5) is 13.9. The highest BCUT2D eigenvalue weighted by Crippen LogP contribution is 2.13. The third-order valence-corrected chi connectivity index (χ3v) is 2.80. The Labute approximate surface area is 109 Å². The highest BCUT2D eigenvalue weighted by molar-refractivity contribution is 5.94. The summed E-state index contributed by atoms with van der Waals surface area (Å²) in [5, 5.41) is 2.84. The SMILES string of the molecule is CCCN(C)c1ccc(C(=O)NCCCN)cc1. The smallest absolute Gasteiger partial charge is 0.251 e. The third kappa shape index (κ3) is 4.37. The third-order valence-electron chi connectivity index (χ3n) is 2.80. The lowest BCUT2D eigenvalue weighted by Crippen LogP contribution is -2.26. The molecule has 3 N–H and O–H groups in total. The lowest BCUT2D eigenvalue weighted by molar-refractivity contribution is 0.0953. The molecule has 0 atom stereocenters. The fourth-order valence-electron chi connectivity index (χ4n) is 1.74. The summed E-state index contributed by atoms with van der Waals surface area (Å²) in [6.07, 6.45) is 1.92. The van der Waals surface area contributed by atoms with Crippen LogP contribution in [0.5, 0.6) is 0 Å².